The van der Waals surface area contributed by atoms with Crippen LogP contribution in [-0.2, 0) is 32.6 Å². The molecule has 0 spiro atoms. The highest BCUT2D eigenvalue weighted by Crippen LogP contribution is 2.27. The first-order valence-corrected chi connectivity index (χ1v) is 14.3. The van der Waals surface area contributed by atoms with E-state index in [1.807, 2.05) is 47.2 Å². The van der Waals surface area contributed by atoms with Gasteiger partial charge in [-0.2, -0.15) is 12.6 Å². The van der Waals surface area contributed by atoms with Gasteiger partial charge in [0.25, 0.3) is 15.9 Å². The Balaban J connectivity index is 1.47. The molecule has 0 bridgehead atoms. The molecular formula is C28H33N3O5S2. The summed E-state index contributed by atoms with van der Waals surface area (Å²) in [6, 6.07) is 23.7. The highest BCUT2D eigenvalue weighted by atomic mass is 32.2. The zero-order chi connectivity index (χ0) is 27.5. The number of benzene rings is 3. The Morgan fingerprint density at radius 1 is 0.921 bits per heavy atom. The van der Waals surface area contributed by atoms with Gasteiger partial charge in [0, 0.05) is 36.9 Å². The number of hydrogen-bond acceptors (Lipinski definition) is 7. The predicted octanol–water partition coefficient (Wildman–Crippen LogP) is 2.68. The maximum absolute atomic E-state index is 12.7. The summed E-state index contributed by atoms with van der Waals surface area (Å²) < 4.78 is 27.3. The second kappa shape index (κ2) is 14.1. The minimum atomic E-state index is -4.16. The van der Waals surface area contributed by atoms with Gasteiger partial charge in [0.15, 0.2) is 0 Å². The summed E-state index contributed by atoms with van der Waals surface area (Å²) in [6.07, 6.45) is -0.326. The van der Waals surface area contributed by atoms with E-state index in [4.69, 9.17) is 0 Å². The summed E-state index contributed by atoms with van der Waals surface area (Å²) in [4.78, 5) is 23.8. The summed E-state index contributed by atoms with van der Waals surface area (Å²) in [6.45, 7) is 2.74. The lowest BCUT2D eigenvalue weighted by atomic mass is 10.0. The van der Waals surface area contributed by atoms with Crippen LogP contribution in [-0.4, -0.2) is 49.8 Å². The molecule has 0 saturated heterocycles. The average Bonchev–Trinajstić information content (AvgIpc) is 2.90. The first-order chi connectivity index (χ1) is 18.2. The van der Waals surface area contributed by atoms with Crippen molar-refractivity contribution in [2.45, 2.75) is 42.6 Å². The van der Waals surface area contributed by atoms with Crippen LogP contribution in [0.1, 0.15) is 24.5 Å². The van der Waals surface area contributed by atoms with Gasteiger partial charge in [0.2, 0.25) is 5.91 Å². The molecule has 0 saturated carbocycles. The molecule has 8 nitrogen and oxygen atoms in total. The third-order valence-corrected chi connectivity index (χ3v) is 7.53. The number of nitrogens with one attached hydrogen (secondary N) is 3. The second-order valence-corrected chi connectivity index (χ2v) is 11.3. The third kappa shape index (κ3) is 8.98. The van der Waals surface area contributed by atoms with E-state index in [0.717, 1.165) is 12.0 Å². The Hall–Kier alpha value is -3.18. The van der Waals surface area contributed by atoms with Gasteiger partial charge < -0.3 is 15.7 Å². The molecule has 0 aliphatic heterocycles. The van der Waals surface area contributed by atoms with E-state index in [2.05, 4.69) is 23.3 Å². The molecule has 4 N–H and O–H groups in total. The van der Waals surface area contributed by atoms with Gasteiger partial charge in [-0.1, -0.05) is 72.8 Å². The molecule has 3 rings (SSSR count). The number of carbonyl (C=O) groups excluding carboxylic acids is 2. The van der Waals surface area contributed by atoms with Gasteiger partial charge in [-0.05, 0) is 36.1 Å². The smallest absolute Gasteiger partial charge is 0.264 e. The molecular weight excluding hydrogens is 522 g/mol. The van der Waals surface area contributed by atoms with E-state index < -0.39 is 22.0 Å². The molecule has 3 aromatic carbocycles. The molecule has 0 radical (unpaired) electrons. The molecule has 38 heavy (non-hydrogen) atoms. The lowest BCUT2D eigenvalue weighted by Gasteiger charge is -2.13. The number of amides is 2. The largest absolute Gasteiger partial charge is 0.384 e. The number of sulfonamides is 1. The van der Waals surface area contributed by atoms with Crippen LogP contribution in [0.3, 0.4) is 0 Å². The van der Waals surface area contributed by atoms with Gasteiger partial charge >= 0.3 is 0 Å². The van der Waals surface area contributed by atoms with Crippen molar-refractivity contribution < 1.29 is 23.1 Å². The molecule has 3 aromatic rings. The molecule has 202 valence electrons. The molecule has 0 aliphatic carbocycles. The van der Waals surface area contributed by atoms with Crippen LogP contribution in [0.2, 0.25) is 0 Å². The van der Waals surface area contributed by atoms with Gasteiger partial charge in [-0.3, -0.25) is 9.59 Å². The van der Waals surface area contributed by atoms with Crippen LogP contribution in [0.25, 0.3) is 11.1 Å². The van der Waals surface area contributed by atoms with Crippen molar-refractivity contribution in [2.75, 3.05) is 13.1 Å². The highest BCUT2D eigenvalue weighted by Gasteiger charge is 2.23. The summed E-state index contributed by atoms with van der Waals surface area (Å²) >= 11 is 4.56. The molecule has 2 amide bonds. The number of thiol groups is 1. The SMILES string of the molecule is C[C@H](O)C(=O)NS(=O)(=O)c1ccccc1-c1ccc(CNCCC(=O)NC[C@H](S)Cc2ccccc2)cc1. The van der Waals surface area contributed by atoms with Crippen LogP contribution in [0.4, 0.5) is 0 Å². The van der Waals surface area contributed by atoms with Crippen molar-refractivity contribution in [3.05, 3.63) is 90.0 Å². The van der Waals surface area contributed by atoms with Crippen LogP contribution in [0.5, 0.6) is 0 Å². The normalized spacial score (nSPS) is 12.9. The fraction of sp³-hybridized carbons (Fsp3) is 0.286. The minimum Gasteiger partial charge on any atom is -0.384 e. The Morgan fingerprint density at radius 3 is 2.26 bits per heavy atom. The molecule has 0 aromatic heterocycles. The quantitative estimate of drug-likeness (QED) is 0.163. The number of rotatable bonds is 13. The second-order valence-electron chi connectivity index (χ2n) is 8.91. The average molecular weight is 556 g/mol. The topological polar surface area (TPSA) is 125 Å². The zero-order valence-corrected chi connectivity index (χ0v) is 22.8. The first kappa shape index (κ1) is 29.4. The fourth-order valence-corrected chi connectivity index (χ4v) is 5.31. The zero-order valence-electron chi connectivity index (χ0n) is 21.1. The van der Waals surface area contributed by atoms with Gasteiger partial charge in [-0.25, -0.2) is 13.1 Å². The van der Waals surface area contributed by atoms with Crippen molar-refractivity contribution >= 4 is 34.5 Å². The lowest BCUT2D eigenvalue weighted by molar-refractivity contribution is -0.126. The van der Waals surface area contributed by atoms with Gasteiger partial charge in [-0.15, -0.1) is 0 Å². The van der Waals surface area contributed by atoms with E-state index in [9.17, 15) is 23.1 Å². The van der Waals surface area contributed by atoms with E-state index >= 15 is 0 Å². The maximum atomic E-state index is 12.7. The van der Waals surface area contributed by atoms with Crippen molar-refractivity contribution in [2.24, 2.45) is 0 Å². The monoisotopic (exact) mass is 555 g/mol. The summed E-state index contributed by atoms with van der Waals surface area (Å²) in [5.41, 5.74) is 3.25. The van der Waals surface area contributed by atoms with Crippen molar-refractivity contribution in [3.8, 4) is 11.1 Å². The number of aliphatic hydroxyl groups is 1. The highest BCUT2D eigenvalue weighted by molar-refractivity contribution is 7.90. The van der Waals surface area contributed by atoms with Crippen molar-refractivity contribution in [1.29, 1.82) is 0 Å². The molecule has 0 unspecified atom stereocenters. The summed E-state index contributed by atoms with van der Waals surface area (Å²) in [5.74, 6) is -1.03. The van der Waals surface area contributed by atoms with Crippen LogP contribution < -0.4 is 15.4 Å². The van der Waals surface area contributed by atoms with Gasteiger partial charge in [0.1, 0.15) is 6.10 Å². The molecule has 0 fully saturated rings. The summed E-state index contributed by atoms with van der Waals surface area (Å²) in [5, 5.41) is 15.6. The van der Waals surface area contributed by atoms with Crippen molar-refractivity contribution in [1.82, 2.24) is 15.4 Å². The Kier molecular flexibility index (Phi) is 10.9. The standard InChI is InChI=1S/C28H33N3O5S2/c1-20(32)28(34)31-38(35,36)26-10-6-5-9-25(26)23-13-11-22(12-14-23)18-29-16-15-27(33)30-19-24(37)17-21-7-3-2-4-8-21/h2-14,20,24,29,32,37H,15-19H2,1H3,(H,30,33)(H,31,34)/t20-,24+/m0/s1. The predicted molar refractivity (Wildman–Crippen MR) is 151 cm³/mol. The van der Waals surface area contributed by atoms with Crippen LogP contribution in [0.15, 0.2) is 83.8 Å². The Morgan fingerprint density at radius 2 is 1.58 bits per heavy atom. The van der Waals surface area contributed by atoms with E-state index in [0.29, 0.717) is 37.2 Å². The van der Waals surface area contributed by atoms with Crippen LogP contribution in [0, 0.1) is 0 Å². The molecule has 10 heteroatoms. The van der Waals surface area contributed by atoms with E-state index in [1.165, 1.54) is 18.6 Å². The molecule has 0 heterocycles. The fourth-order valence-electron chi connectivity index (χ4n) is 3.73. The Labute approximate surface area is 229 Å². The maximum Gasteiger partial charge on any atom is 0.264 e. The molecule has 2 atom stereocenters. The number of hydrogen-bond donors (Lipinski definition) is 5. The van der Waals surface area contributed by atoms with Crippen molar-refractivity contribution in [3.63, 3.8) is 0 Å². The molecule has 0 aliphatic rings. The summed E-state index contributed by atoms with van der Waals surface area (Å²) in [7, 11) is -4.16. The first-order valence-electron chi connectivity index (χ1n) is 12.3. The van der Waals surface area contributed by atoms with Crippen LogP contribution >= 0.6 is 12.6 Å². The third-order valence-electron chi connectivity index (χ3n) is 5.76. The lowest BCUT2D eigenvalue weighted by Crippen LogP contribution is -2.37. The van der Waals surface area contributed by atoms with Gasteiger partial charge in [0.05, 0.1) is 4.90 Å². The van der Waals surface area contributed by atoms with E-state index in [-0.39, 0.29) is 16.1 Å². The minimum absolute atomic E-state index is 0.0412. The number of carbonyl (C=O) groups is 2. The van der Waals surface area contributed by atoms with E-state index in [1.54, 1.807) is 30.3 Å². The number of aliphatic hydroxyl groups excluding tert-OH is 1. The Bertz CT molecular complexity index is 1310.